The third-order valence-corrected chi connectivity index (χ3v) is 5.10. The van der Waals surface area contributed by atoms with Crippen molar-refractivity contribution in [3.63, 3.8) is 0 Å². The summed E-state index contributed by atoms with van der Waals surface area (Å²) in [6.07, 6.45) is 4.71. The van der Waals surface area contributed by atoms with Crippen LogP contribution in [0, 0.1) is 11.7 Å². The van der Waals surface area contributed by atoms with Crippen LogP contribution in [0.25, 0.3) is 0 Å². The highest BCUT2D eigenvalue weighted by Crippen LogP contribution is 2.35. The number of aliphatic hydroxyl groups excluding tert-OH is 1. The predicted molar refractivity (Wildman–Crippen MR) is 86.7 cm³/mol. The van der Waals surface area contributed by atoms with Gasteiger partial charge < -0.3 is 15.3 Å². The maximum Gasteiger partial charge on any atom is 0.317 e. The molecule has 0 bridgehead atoms. The van der Waals surface area contributed by atoms with E-state index in [-0.39, 0.29) is 23.8 Å². The average molecular weight is 320 g/mol. The molecule has 1 aromatic rings. The molecule has 2 fully saturated rings. The van der Waals surface area contributed by atoms with Crippen molar-refractivity contribution in [2.45, 2.75) is 50.2 Å². The normalized spacial score (nSPS) is 25.2. The molecular weight excluding hydrogens is 295 g/mol. The Morgan fingerprint density at radius 1 is 1.30 bits per heavy atom. The number of likely N-dealkylation sites (N-methyl/N-ethyl adjacent to an activating group) is 1. The molecule has 0 unspecified atom stereocenters. The molecule has 3 atom stereocenters. The second-order valence-electron chi connectivity index (χ2n) is 6.93. The molecule has 1 aromatic carbocycles. The van der Waals surface area contributed by atoms with E-state index < -0.39 is 6.10 Å². The van der Waals surface area contributed by atoms with Crippen molar-refractivity contribution in [3.8, 4) is 0 Å². The molecule has 126 valence electrons. The van der Waals surface area contributed by atoms with Gasteiger partial charge in [-0.25, -0.2) is 9.18 Å². The summed E-state index contributed by atoms with van der Waals surface area (Å²) in [6, 6.07) is 6.52. The Bertz CT molecular complexity index is 544. The molecule has 3 rings (SSSR count). The first kappa shape index (κ1) is 16.2. The molecule has 0 aliphatic heterocycles. The minimum Gasteiger partial charge on any atom is -0.391 e. The van der Waals surface area contributed by atoms with E-state index in [0.29, 0.717) is 12.5 Å². The van der Waals surface area contributed by atoms with Gasteiger partial charge in [-0.2, -0.15) is 0 Å². The van der Waals surface area contributed by atoms with Crippen LogP contribution in [-0.4, -0.2) is 41.8 Å². The van der Waals surface area contributed by atoms with E-state index in [4.69, 9.17) is 0 Å². The number of aliphatic hydroxyl groups is 1. The lowest BCUT2D eigenvalue weighted by Gasteiger charge is -2.26. The fraction of sp³-hybridized carbons (Fsp3) is 0.611. The number of hydrogen-bond acceptors (Lipinski definition) is 2. The van der Waals surface area contributed by atoms with E-state index in [0.717, 1.165) is 37.7 Å². The minimum atomic E-state index is -0.415. The van der Waals surface area contributed by atoms with E-state index in [1.54, 1.807) is 11.9 Å². The molecule has 2 N–H and O–H groups in total. The maximum atomic E-state index is 13.1. The van der Waals surface area contributed by atoms with Crippen molar-refractivity contribution in [2.24, 2.45) is 5.92 Å². The first-order chi connectivity index (χ1) is 11.0. The van der Waals surface area contributed by atoms with Gasteiger partial charge in [0.1, 0.15) is 5.82 Å². The van der Waals surface area contributed by atoms with Crippen molar-refractivity contribution in [1.29, 1.82) is 0 Å². The van der Waals surface area contributed by atoms with E-state index in [1.165, 1.54) is 12.1 Å². The largest absolute Gasteiger partial charge is 0.391 e. The Morgan fingerprint density at radius 3 is 2.65 bits per heavy atom. The number of nitrogens with one attached hydrogen (secondary N) is 1. The molecule has 5 heteroatoms. The first-order valence-electron chi connectivity index (χ1n) is 8.49. The third kappa shape index (κ3) is 4.02. The van der Waals surface area contributed by atoms with Crippen LogP contribution < -0.4 is 5.32 Å². The van der Waals surface area contributed by atoms with Crippen LogP contribution >= 0.6 is 0 Å². The van der Waals surface area contributed by atoms with Crippen LogP contribution in [0.4, 0.5) is 9.18 Å². The lowest BCUT2D eigenvalue weighted by atomic mass is 9.94. The van der Waals surface area contributed by atoms with Gasteiger partial charge in [0.05, 0.1) is 6.10 Å². The zero-order chi connectivity index (χ0) is 16.4. The highest BCUT2D eigenvalue weighted by molar-refractivity contribution is 5.74. The van der Waals surface area contributed by atoms with E-state index >= 15 is 0 Å². The van der Waals surface area contributed by atoms with Crippen LogP contribution in [0.1, 0.15) is 43.6 Å². The van der Waals surface area contributed by atoms with Crippen molar-refractivity contribution in [1.82, 2.24) is 10.2 Å². The fourth-order valence-corrected chi connectivity index (χ4v) is 3.50. The molecule has 4 nitrogen and oxygen atoms in total. The summed E-state index contributed by atoms with van der Waals surface area (Å²) < 4.78 is 13.1. The summed E-state index contributed by atoms with van der Waals surface area (Å²) in [4.78, 5) is 13.9. The van der Waals surface area contributed by atoms with Gasteiger partial charge in [-0.3, -0.25) is 0 Å². The topological polar surface area (TPSA) is 52.6 Å². The highest BCUT2D eigenvalue weighted by Gasteiger charge is 2.33. The Hall–Kier alpha value is -1.62. The summed E-state index contributed by atoms with van der Waals surface area (Å²) in [6.45, 7) is 0.379. The van der Waals surface area contributed by atoms with Crippen LogP contribution in [0.5, 0.6) is 0 Å². The van der Waals surface area contributed by atoms with Gasteiger partial charge in [0.25, 0.3) is 0 Å². The fourth-order valence-electron chi connectivity index (χ4n) is 3.50. The first-order valence-corrected chi connectivity index (χ1v) is 8.49. The second kappa shape index (κ2) is 6.87. The summed E-state index contributed by atoms with van der Waals surface area (Å²) >= 11 is 0. The summed E-state index contributed by atoms with van der Waals surface area (Å²) in [7, 11) is 1.72. The van der Waals surface area contributed by atoms with Crippen molar-refractivity contribution in [2.75, 3.05) is 13.6 Å². The lowest BCUT2D eigenvalue weighted by molar-refractivity contribution is 0.112. The van der Waals surface area contributed by atoms with Crippen molar-refractivity contribution in [3.05, 3.63) is 35.6 Å². The molecule has 23 heavy (non-hydrogen) atoms. The minimum absolute atomic E-state index is 0.0773. The Kier molecular flexibility index (Phi) is 4.85. The highest BCUT2D eigenvalue weighted by atomic mass is 19.1. The molecule has 0 spiro atoms. The summed E-state index contributed by atoms with van der Waals surface area (Å²) in [5, 5.41) is 13.1. The summed E-state index contributed by atoms with van der Waals surface area (Å²) in [5.41, 5.74) is 1.08. The molecule has 0 saturated heterocycles. The average Bonchev–Trinajstić information content (AvgIpc) is 3.29. The number of urea groups is 1. The molecule has 0 radical (unpaired) electrons. The van der Waals surface area contributed by atoms with E-state index in [1.807, 2.05) is 12.1 Å². The van der Waals surface area contributed by atoms with E-state index in [9.17, 15) is 14.3 Å². The van der Waals surface area contributed by atoms with Crippen LogP contribution in [0.15, 0.2) is 24.3 Å². The quantitative estimate of drug-likeness (QED) is 0.876. The van der Waals surface area contributed by atoms with Crippen LogP contribution in [0.3, 0.4) is 0 Å². The number of rotatable bonds is 5. The molecule has 2 aliphatic carbocycles. The van der Waals surface area contributed by atoms with Gasteiger partial charge in [-0.15, -0.1) is 0 Å². The van der Waals surface area contributed by atoms with Gasteiger partial charge in [0.15, 0.2) is 0 Å². The van der Waals surface area contributed by atoms with Gasteiger partial charge in [0.2, 0.25) is 0 Å². The number of amides is 2. The standard InChI is InChI=1S/C18H25FN2O2/c1-21(11-17(22)13-5-6-13)18(23)20-16-4-2-3-15(16)12-7-9-14(19)10-8-12/h7-10,13,15-17,22H,2-6,11H2,1H3,(H,20,23)/t15-,16+,17+/m1/s1. The molecule has 2 amide bonds. The summed E-state index contributed by atoms with van der Waals surface area (Å²) in [5.74, 6) is 0.367. The number of hydrogen-bond donors (Lipinski definition) is 2. The number of nitrogens with zero attached hydrogens (tertiary/aromatic N) is 1. The van der Waals surface area contributed by atoms with Crippen molar-refractivity contribution < 1.29 is 14.3 Å². The molecular formula is C18H25FN2O2. The Balaban J connectivity index is 1.57. The van der Waals surface area contributed by atoms with Gasteiger partial charge in [0, 0.05) is 25.6 Å². The predicted octanol–water partition coefficient (Wildman–Crippen LogP) is 2.87. The van der Waals surface area contributed by atoms with E-state index in [2.05, 4.69) is 5.32 Å². The van der Waals surface area contributed by atoms with Crippen molar-refractivity contribution >= 4 is 6.03 Å². The SMILES string of the molecule is CN(C[C@H](O)C1CC1)C(=O)N[C@H]1CCC[C@@H]1c1ccc(F)cc1. The Morgan fingerprint density at radius 2 is 2.00 bits per heavy atom. The zero-order valence-corrected chi connectivity index (χ0v) is 13.5. The van der Waals surface area contributed by atoms with Crippen LogP contribution in [-0.2, 0) is 0 Å². The molecule has 2 aliphatic rings. The second-order valence-corrected chi connectivity index (χ2v) is 6.93. The third-order valence-electron chi connectivity index (χ3n) is 5.10. The lowest BCUT2D eigenvalue weighted by Crippen LogP contribution is -2.46. The maximum absolute atomic E-state index is 13.1. The van der Waals surface area contributed by atoms with Gasteiger partial charge in [-0.1, -0.05) is 18.6 Å². The smallest absolute Gasteiger partial charge is 0.317 e. The molecule has 2 saturated carbocycles. The number of carbonyl (C=O) groups is 1. The number of benzene rings is 1. The number of carbonyl (C=O) groups excluding carboxylic acids is 1. The molecule has 0 heterocycles. The monoisotopic (exact) mass is 320 g/mol. The van der Waals surface area contributed by atoms with Gasteiger partial charge in [-0.05, 0) is 49.3 Å². The zero-order valence-electron chi connectivity index (χ0n) is 13.5. The number of halogens is 1. The van der Waals surface area contributed by atoms with Crippen LogP contribution in [0.2, 0.25) is 0 Å². The Labute approximate surface area is 136 Å². The molecule has 0 aromatic heterocycles. The van der Waals surface area contributed by atoms with Gasteiger partial charge >= 0.3 is 6.03 Å².